The van der Waals surface area contributed by atoms with E-state index in [1.54, 1.807) is 0 Å². The van der Waals surface area contributed by atoms with Crippen molar-refractivity contribution >= 4 is 0 Å². The van der Waals surface area contributed by atoms with Crippen molar-refractivity contribution in [1.29, 1.82) is 0 Å². The molecule has 2 nitrogen and oxygen atoms in total. The quantitative estimate of drug-likeness (QED) is 0.818. The van der Waals surface area contributed by atoms with Crippen LogP contribution in [0.4, 0.5) is 17.6 Å². The molecule has 0 aromatic heterocycles. The summed E-state index contributed by atoms with van der Waals surface area (Å²) < 4.78 is 50.7. The second kappa shape index (κ2) is 4.51. The zero-order chi connectivity index (χ0) is 13.4. The lowest BCUT2D eigenvalue weighted by Gasteiger charge is -2.22. The fourth-order valence-electron chi connectivity index (χ4n) is 1.81. The average Bonchev–Trinajstić information content (AvgIpc) is 3.06. The number of benzene rings is 1. The van der Waals surface area contributed by atoms with E-state index >= 15 is 0 Å². The minimum Gasteiger partial charge on any atom is -0.387 e. The number of hydrogen-bond acceptors (Lipinski definition) is 2. The van der Waals surface area contributed by atoms with E-state index in [2.05, 4.69) is 5.32 Å². The Labute approximate surface area is 102 Å². The number of aliphatic hydroxyl groups is 1. The van der Waals surface area contributed by atoms with Gasteiger partial charge in [-0.2, -0.15) is 13.2 Å². The molecule has 0 radical (unpaired) electrons. The molecular weight excluding hydrogens is 250 g/mol. The molecule has 0 saturated heterocycles. The summed E-state index contributed by atoms with van der Waals surface area (Å²) in [5, 5.41) is 12.0. The summed E-state index contributed by atoms with van der Waals surface area (Å²) in [5.74, 6) is -0.525. The second-order valence-corrected chi connectivity index (χ2v) is 4.53. The topological polar surface area (TPSA) is 32.3 Å². The van der Waals surface area contributed by atoms with Crippen LogP contribution < -0.4 is 5.32 Å². The molecule has 1 fully saturated rings. The second-order valence-electron chi connectivity index (χ2n) is 4.53. The van der Waals surface area contributed by atoms with Crippen molar-refractivity contribution in [3.8, 4) is 0 Å². The molecule has 0 heterocycles. The SMILES string of the molecule is O[C@@H](CNC1(C(F)(F)F)CC1)c1cccc(F)c1. The molecule has 0 amide bonds. The predicted octanol–water partition coefficient (Wildman–Crippen LogP) is 2.54. The van der Waals surface area contributed by atoms with Crippen LogP contribution in [-0.4, -0.2) is 23.4 Å². The average molecular weight is 263 g/mol. The third-order valence-electron chi connectivity index (χ3n) is 3.16. The maximum atomic E-state index is 12.9. The highest BCUT2D eigenvalue weighted by atomic mass is 19.4. The zero-order valence-corrected chi connectivity index (χ0v) is 9.47. The first-order chi connectivity index (χ1) is 8.34. The van der Waals surface area contributed by atoms with Crippen molar-refractivity contribution in [2.45, 2.75) is 30.7 Å². The van der Waals surface area contributed by atoms with Gasteiger partial charge in [-0.1, -0.05) is 12.1 Å². The molecule has 18 heavy (non-hydrogen) atoms. The van der Waals surface area contributed by atoms with Crippen LogP contribution in [-0.2, 0) is 0 Å². The van der Waals surface area contributed by atoms with E-state index in [0.717, 1.165) is 6.07 Å². The van der Waals surface area contributed by atoms with Crippen LogP contribution in [0.3, 0.4) is 0 Å². The van der Waals surface area contributed by atoms with Gasteiger partial charge in [0.15, 0.2) is 0 Å². The van der Waals surface area contributed by atoms with E-state index in [4.69, 9.17) is 0 Å². The van der Waals surface area contributed by atoms with Gasteiger partial charge in [-0.05, 0) is 30.5 Å². The molecule has 0 spiro atoms. The van der Waals surface area contributed by atoms with Gasteiger partial charge in [0.25, 0.3) is 0 Å². The van der Waals surface area contributed by atoms with Crippen LogP contribution in [0.15, 0.2) is 24.3 Å². The van der Waals surface area contributed by atoms with Crippen LogP contribution in [0.5, 0.6) is 0 Å². The molecule has 1 atom stereocenters. The molecule has 0 bridgehead atoms. The molecule has 100 valence electrons. The lowest BCUT2D eigenvalue weighted by molar-refractivity contribution is -0.166. The minimum absolute atomic E-state index is 0.0202. The first kappa shape index (κ1) is 13.3. The fourth-order valence-corrected chi connectivity index (χ4v) is 1.81. The van der Waals surface area contributed by atoms with Crippen LogP contribution in [0.2, 0.25) is 0 Å². The van der Waals surface area contributed by atoms with Gasteiger partial charge in [0, 0.05) is 6.54 Å². The Morgan fingerprint density at radius 3 is 2.50 bits per heavy atom. The highest BCUT2D eigenvalue weighted by molar-refractivity contribution is 5.19. The Morgan fingerprint density at radius 1 is 1.33 bits per heavy atom. The minimum atomic E-state index is -4.31. The van der Waals surface area contributed by atoms with E-state index in [1.807, 2.05) is 0 Å². The van der Waals surface area contributed by atoms with Crippen LogP contribution in [0, 0.1) is 5.82 Å². The van der Waals surface area contributed by atoms with Crippen molar-refractivity contribution < 1.29 is 22.7 Å². The number of halogens is 4. The number of β-amino-alcohol motifs (C(OH)–C–C–N with tert-alkyl or cyclic N) is 1. The van der Waals surface area contributed by atoms with Gasteiger partial charge in [-0.25, -0.2) is 4.39 Å². The van der Waals surface area contributed by atoms with E-state index in [9.17, 15) is 22.7 Å². The van der Waals surface area contributed by atoms with Crippen LogP contribution >= 0.6 is 0 Å². The number of aliphatic hydroxyl groups excluding tert-OH is 1. The first-order valence-corrected chi connectivity index (χ1v) is 5.59. The summed E-state index contributed by atoms with van der Waals surface area (Å²) in [4.78, 5) is 0. The van der Waals surface area contributed by atoms with Crippen molar-refractivity contribution in [1.82, 2.24) is 5.32 Å². The molecule has 1 aliphatic rings. The molecule has 1 aromatic carbocycles. The zero-order valence-electron chi connectivity index (χ0n) is 9.47. The molecule has 1 aliphatic carbocycles. The summed E-state index contributed by atoms with van der Waals surface area (Å²) in [6.07, 6.45) is -5.42. The Bertz CT molecular complexity index is 428. The molecule has 1 saturated carbocycles. The molecular formula is C12H13F4NO. The maximum absolute atomic E-state index is 12.9. The standard InChI is InChI=1S/C12H13F4NO/c13-9-3-1-2-8(6-9)10(18)7-17-11(4-5-11)12(14,15)16/h1-3,6,10,17-18H,4-5,7H2/t10-/m0/s1. The van der Waals surface area contributed by atoms with Gasteiger partial charge in [-0.3, -0.25) is 0 Å². The van der Waals surface area contributed by atoms with Gasteiger partial charge in [-0.15, -0.1) is 0 Å². The Hall–Kier alpha value is -1.14. The molecule has 1 aromatic rings. The highest BCUT2D eigenvalue weighted by Crippen LogP contribution is 2.49. The van der Waals surface area contributed by atoms with E-state index < -0.39 is 23.6 Å². The molecule has 0 unspecified atom stereocenters. The first-order valence-electron chi connectivity index (χ1n) is 5.59. The smallest absolute Gasteiger partial charge is 0.387 e. The largest absolute Gasteiger partial charge is 0.406 e. The Balaban J connectivity index is 1.95. The number of nitrogens with one attached hydrogen (secondary N) is 1. The predicted molar refractivity (Wildman–Crippen MR) is 57.4 cm³/mol. The number of rotatable bonds is 4. The van der Waals surface area contributed by atoms with Crippen molar-refractivity contribution in [2.24, 2.45) is 0 Å². The van der Waals surface area contributed by atoms with Crippen molar-refractivity contribution in [3.05, 3.63) is 35.6 Å². The van der Waals surface area contributed by atoms with Crippen LogP contribution in [0.25, 0.3) is 0 Å². The maximum Gasteiger partial charge on any atom is 0.406 e. The fraction of sp³-hybridized carbons (Fsp3) is 0.500. The lowest BCUT2D eigenvalue weighted by atomic mass is 10.1. The van der Waals surface area contributed by atoms with Crippen molar-refractivity contribution in [3.63, 3.8) is 0 Å². The van der Waals surface area contributed by atoms with Crippen molar-refractivity contribution in [2.75, 3.05) is 6.54 Å². The highest BCUT2D eigenvalue weighted by Gasteiger charge is 2.63. The van der Waals surface area contributed by atoms with Gasteiger partial charge < -0.3 is 10.4 Å². The summed E-state index contributed by atoms with van der Waals surface area (Å²) in [6.45, 7) is -0.247. The normalized spacial score (nSPS) is 19.6. The van der Waals surface area contributed by atoms with E-state index in [0.29, 0.717) is 0 Å². The summed E-state index contributed by atoms with van der Waals surface area (Å²) in [6, 6.07) is 5.20. The Kier molecular flexibility index (Phi) is 3.33. The molecule has 2 rings (SSSR count). The third kappa shape index (κ3) is 2.64. The Morgan fingerprint density at radius 2 is 2.00 bits per heavy atom. The summed E-state index contributed by atoms with van der Waals surface area (Å²) in [5.41, 5.74) is -1.60. The van der Waals surface area contributed by atoms with E-state index in [-0.39, 0.29) is 24.9 Å². The van der Waals surface area contributed by atoms with Gasteiger partial charge in [0.05, 0.1) is 6.10 Å². The van der Waals surface area contributed by atoms with Gasteiger partial charge >= 0.3 is 6.18 Å². The molecule has 2 N–H and O–H groups in total. The molecule has 0 aliphatic heterocycles. The monoisotopic (exact) mass is 263 g/mol. The summed E-state index contributed by atoms with van der Waals surface area (Å²) >= 11 is 0. The van der Waals surface area contributed by atoms with Crippen LogP contribution in [0.1, 0.15) is 24.5 Å². The van der Waals surface area contributed by atoms with Gasteiger partial charge in [0.1, 0.15) is 11.4 Å². The lowest BCUT2D eigenvalue weighted by Crippen LogP contribution is -2.46. The number of hydrogen-bond donors (Lipinski definition) is 2. The number of alkyl halides is 3. The summed E-state index contributed by atoms with van der Waals surface area (Å²) in [7, 11) is 0. The van der Waals surface area contributed by atoms with E-state index in [1.165, 1.54) is 18.2 Å². The third-order valence-corrected chi connectivity index (χ3v) is 3.16. The molecule has 6 heteroatoms. The van der Waals surface area contributed by atoms with Gasteiger partial charge in [0.2, 0.25) is 0 Å².